The highest BCUT2D eigenvalue weighted by Crippen LogP contribution is 2.12. The second-order valence-electron chi connectivity index (χ2n) is 2.15. The molecule has 0 aromatic carbocycles. The Morgan fingerprint density at radius 1 is 1.73 bits per heavy atom. The summed E-state index contributed by atoms with van der Waals surface area (Å²) in [7, 11) is 0. The maximum atomic E-state index is 10.4. The molecule has 0 amide bonds. The molecule has 0 unspecified atom stereocenters. The van der Waals surface area contributed by atoms with E-state index in [1.807, 2.05) is 17.5 Å². The fourth-order valence-electron chi connectivity index (χ4n) is 0.649. The number of carboxylic acids is 1. The predicted octanol–water partition coefficient (Wildman–Crippen LogP) is 2.24. The van der Waals surface area contributed by atoms with E-state index >= 15 is 0 Å². The minimum Gasteiger partial charge on any atom is -0.478 e. The minimum atomic E-state index is -0.863. The van der Waals surface area contributed by atoms with Crippen molar-refractivity contribution in [3.8, 4) is 0 Å². The Balaban J connectivity index is 2.82. The molecule has 0 aliphatic heterocycles. The molecule has 0 aliphatic carbocycles. The van der Waals surface area contributed by atoms with Gasteiger partial charge in [-0.15, -0.1) is 11.3 Å². The van der Waals surface area contributed by atoms with Crippen LogP contribution in [-0.4, -0.2) is 11.1 Å². The lowest BCUT2D eigenvalue weighted by Crippen LogP contribution is -1.94. The summed E-state index contributed by atoms with van der Waals surface area (Å²) < 4.78 is 0. The van der Waals surface area contributed by atoms with Crippen LogP contribution in [0.3, 0.4) is 0 Å². The Kier molecular flexibility index (Phi) is 2.44. The van der Waals surface area contributed by atoms with Gasteiger partial charge >= 0.3 is 5.97 Å². The molecule has 1 aromatic heterocycles. The van der Waals surface area contributed by atoms with Crippen molar-refractivity contribution in [1.29, 1.82) is 0 Å². The molecule has 2 nitrogen and oxygen atoms in total. The van der Waals surface area contributed by atoms with Crippen molar-refractivity contribution in [3.63, 3.8) is 0 Å². The van der Waals surface area contributed by atoms with E-state index in [0.29, 0.717) is 5.57 Å². The molecule has 11 heavy (non-hydrogen) atoms. The van der Waals surface area contributed by atoms with Crippen LogP contribution < -0.4 is 0 Å². The van der Waals surface area contributed by atoms with E-state index in [1.54, 1.807) is 13.0 Å². The second kappa shape index (κ2) is 3.34. The molecule has 3 heteroatoms. The first kappa shape index (κ1) is 8.01. The zero-order valence-corrected chi connectivity index (χ0v) is 6.89. The first-order chi connectivity index (χ1) is 5.20. The lowest BCUT2D eigenvalue weighted by molar-refractivity contribution is -0.132. The Morgan fingerprint density at radius 3 is 2.91 bits per heavy atom. The van der Waals surface area contributed by atoms with Crippen LogP contribution in [-0.2, 0) is 4.79 Å². The van der Waals surface area contributed by atoms with E-state index in [-0.39, 0.29) is 0 Å². The first-order valence-electron chi connectivity index (χ1n) is 3.15. The van der Waals surface area contributed by atoms with Gasteiger partial charge in [0.05, 0.1) is 0 Å². The Morgan fingerprint density at radius 2 is 2.45 bits per heavy atom. The number of rotatable bonds is 2. The third-order valence-electron chi connectivity index (χ3n) is 1.24. The molecule has 0 aliphatic rings. The number of thiophene rings is 1. The van der Waals surface area contributed by atoms with Crippen LogP contribution in [0.1, 0.15) is 11.8 Å². The number of carbonyl (C=O) groups is 1. The molecule has 0 saturated heterocycles. The van der Waals surface area contributed by atoms with Crippen LogP contribution in [0.5, 0.6) is 0 Å². The first-order valence-corrected chi connectivity index (χ1v) is 4.03. The van der Waals surface area contributed by atoms with Crippen molar-refractivity contribution >= 4 is 23.4 Å². The number of hydrogen-bond acceptors (Lipinski definition) is 2. The minimum absolute atomic E-state index is 0.368. The van der Waals surface area contributed by atoms with Crippen LogP contribution in [0.2, 0.25) is 0 Å². The second-order valence-corrected chi connectivity index (χ2v) is 3.13. The quantitative estimate of drug-likeness (QED) is 0.687. The zero-order chi connectivity index (χ0) is 8.27. The molecule has 1 N–H and O–H groups in total. The van der Waals surface area contributed by atoms with Crippen LogP contribution in [0.4, 0.5) is 0 Å². The highest BCUT2D eigenvalue weighted by atomic mass is 32.1. The van der Waals surface area contributed by atoms with Crippen molar-refractivity contribution < 1.29 is 9.90 Å². The SMILES string of the molecule is C/C(=C/c1cccs1)C(=O)O. The normalized spacial score (nSPS) is 11.5. The summed E-state index contributed by atoms with van der Waals surface area (Å²) in [6.45, 7) is 1.59. The Labute approximate surface area is 68.8 Å². The molecule has 1 heterocycles. The third kappa shape index (κ3) is 2.20. The average molecular weight is 168 g/mol. The molecule has 0 atom stereocenters. The fraction of sp³-hybridized carbons (Fsp3) is 0.125. The van der Waals surface area contributed by atoms with Crippen LogP contribution >= 0.6 is 11.3 Å². The molecule has 0 saturated carbocycles. The summed E-state index contributed by atoms with van der Waals surface area (Å²) in [6.07, 6.45) is 1.66. The summed E-state index contributed by atoms with van der Waals surface area (Å²) in [5, 5.41) is 10.4. The van der Waals surface area contributed by atoms with E-state index in [0.717, 1.165) is 4.88 Å². The molecule has 0 spiro atoms. The third-order valence-corrected chi connectivity index (χ3v) is 2.06. The summed E-state index contributed by atoms with van der Waals surface area (Å²) in [5.74, 6) is -0.863. The standard InChI is InChI=1S/C8H8O2S/c1-6(8(9)10)5-7-3-2-4-11-7/h2-5H,1H3,(H,9,10)/b6-5-. The van der Waals surface area contributed by atoms with Gasteiger partial charge in [-0.05, 0) is 24.4 Å². The maximum absolute atomic E-state index is 10.4. The van der Waals surface area contributed by atoms with Crippen LogP contribution in [0.25, 0.3) is 6.08 Å². The van der Waals surface area contributed by atoms with E-state index in [9.17, 15) is 4.79 Å². The van der Waals surface area contributed by atoms with Gasteiger partial charge in [0.2, 0.25) is 0 Å². The summed E-state index contributed by atoms with van der Waals surface area (Å²) in [4.78, 5) is 11.3. The van der Waals surface area contributed by atoms with E-state index < -0.39 is 5.97 Å². The molecule has 1 rings (SSSR count). The van der Waals surface area contributed by atoms with Gasteiger partial charge in [-0.2, -0.15) is 0 Å². The van der Waals surface area contributed by atoms with Crippen molar-refractivity contribution in [3.05, 3.63) is 28.0 Å². The monoisotopic (exact) mass is 168 g/mol. The maximum Gasteiger partial charge on any atom is 0.331 e. The van der Waals surface area contributed by atoms with Crippen LogP contribution in [0.15, 0.2) is 23.1 Å². The average Bonchev–Trinajstić information content (AvgIpc) is 2.39. The molecule has 0 fully saturated rings. The molecule has 0 bridgehead atoms. The van der Waals surface area contributed by atoms with E-state index in [4.69, 9.17) is 5.11 Å². The van der Waals surface area contributed by atoms with Gasteiger partial charge in [0, 0.05) is 10.5 Å². The van der Waals surface area contributed by atoms with Gasteiger partial charge in [0.15, 0.2) is 0 Å². The van der Waals surface area contributed by atoms with E-state index in [2.05, 4.69) is 0 Å². The smallest absolute Gasteiger partial charge is 0.331 e. The van der Waals surface area contributed by atoms with Gasteiger partial charge in [-0.25, -0.2) is 4.79 Å². The van der Waals surface area contributed by atoms with Crippen LogP contribution in [0, 0.1) is 0 Å². The van der Waals surface area contributed by atoms with Gasteiger partial charge in [0.25, 0.3) is 0 Å². The van der Waals surface area contributed by atoms with Crippen molar-refractivity contribution in [1.82, 2.24) is 0 Å². The Hall–Kier alpha value is -1.09. The van der Waals surface area contributed by atoms with Crippen molar-refractivity contribution in [2.45, 2.75) is 6.92 Å². The fourth-order valence-corrected chi connectivity index (χ4v) is 1.36. The summed E-state index contributed by atoms with van der Waals surface area (Å²) in [5.41, 5.74) is 0.368. The molecular formula is C8H8O2S. The molecular weight excluding hydrogens is 160 g/mol. The number of aliphatic carboxylic acids is 1. The Bertz CT molecular complexity index is 272. The summed E-state index contributed by atoms with van der Waals surface area (Å²) in [6, 6.07) is 3.78. The van der Waals surface area contributed by atoms with Gasteiger partial charge < -0.3 is 5.11 Å². The van der Waals surface area contributed by atoms with E-state index in [1.165, 1.54) is 11.3 Å². The summed E-state index contributed by atoms with van der Waals surface area (Å²) >= 11 is 1.53. The highest BCUT2D eigenvalue weighted by molar-refractivity contribution is 7.10. The topological polar surface area (TPSA) is 37.3 Å². The lowest BCUT2D eigenvalue weighted by Gasteiger charge is -1.89. The lowest BCUT2D eigenvalue weighted by atomic mass is 10.2. The zero-order valence-electron chi connectivity index (χ0n) is 6.07. The molecule has 0 radical (unpaired) electrons. The molecule has 58 valence electrons. The van der Waals surface area contributed by atoms with Gasteiger partial charge in [-0.3, -0.25) is 0 Å². The van der Waals surface area contributed by atoms with Gasteiger partial charge in [-0.1, -0.05) is 6.07 Å². The van der Waals surface area contributed by atoms with Crippen molar-refractivity contribution in [2.75, 3.05) is 0 Å². The molecule has 1 aromatic rings. The highest BCUT2D eigenvalue weighted by Gasteiger charge is 1.98. The number of hydrogen-bond donors (Lipinski definition) is 1. The predicted molar refractivity (Wildman–Crippen MR) is 45.6 cm³/mol. The number of carboxylic acid groups (broad SMARTS) is 1. The van der Waals surface area contributed by atoms with Gasteiger partial charge in [0.1, 0.15) is 0 Å². The van der Waals surface area contributed by atoms with Crippen molar-refractivity contribution in [2.24, 2.45) is 0 Å². The largest absolute Gasteiger partial charge is 0.478 e.